The maximum absolute atomic E-state index is 13.5. The van der Waals surface area contributed by atoms with E-state index in [1.54, 1.807) is 18.2 Å². The van der Waals surface area contributed by atoms with Crippen molar-refractivity contribution in [2.24, 2.45) is 0 Å². The molecule has 148 valence electrons. The zero-order valence-electron chi connectivity index (χ0n) is 16.2. The molecule has 0 aromatic heterocycles. The molecule has 0 atom stereocenters. The SMILES string of the molecule is O=C(C=Cc1ccccc1F)NCCCN1CCN(C2CCCCC2)CC1. The van der Waals surface area contributed by atoms with Gasteiger partial charge in [-0.25, -0.2) is 4.39 Å². The van der Waals surface area contributed by atoms with Gasteiger partial charge in [-0.3, -0.25) is 9.69 Å². The zero-order chi connectivity index (χ0) is 18.9. The van der Waals surface area contributed by atoms with Crippen molar-refractivity contribution >= 4 is 12.0 Å². The zero-order valence-corrected chi connectivity index (χ0v) is 16.2. The van der Waals surface area contributed by atoms with Gasteiger partial charge in [0.15, 0.2) is 0 Å². The van der Waals surface area contributed by atoms with Crippen molar-refractivity contribution in [1.29, 1.82) is 0 Å². The number of hydrogen-bond acceptors (Lipinski definition) is 3. The maximum Gasteiger partial charge on any atom is 0.244 e. The lowest BCUT2D eigenvalue weighted by Crippen LogP contribution is -2.51. The van der Waals surface area contributed by atoms with E-state index >= 15 is 0 Å². The van der Waals surface area contributed by atoms with Crippen LogP contribution in [0.5, 0.6) is 0 Å². The Morgan fingerprint density at radius 1 is 1.11 bits per heavy atom. The number of piperazine rings is 1. The molecule has 1 amide bonds. The molecular weight excluding hydrogens is 341 g/mol. The molecule has 1 N–H and O–H groups in total. The van der Waals surface area contributed by atoms with Gasteiger partial charge < -0.3 is 10.2 Å². The van der Waals surface area contributed by atoms with Gasteiger partial charge in [-0.2, -0.15) is 0 Å². The topological polar surface area (TPSA) is 35.6 Å². The number of carbonyl (C=O) groups is 1. The summed E-state index contributed by atoms with van der Waals surface area (Å²) in [7, 11) is 0. The molecule has 3 rings (SSSR count). The fourth-order valence-electron chi connectivity index (χ4n) is 4.15. The Morgan fingerprint density at radius 3 is 2.59 bits per heavy atom. The van der Waals surface area contributed by atoms with Gasteiger partial charge >= 0.3 is 0 Å². The number of nitrogens with one attached hydrogen (secondary N) is 1. The first kappa shape index (κ1) is 20.0. The average molecular weight is 374 g/mol. The smallest absolute Gasteiger partial charge is 0.244 e. The number of amides is 1. The Hall–Kier alpha value is -1.72. The van der Waals surface area contributed by atoms with Crippen LogP contribution in [0.25, 0.3) is 6.08 Å². The Kier molecular flexibility index (Phi) is 7.84. The molecule has 1 aliphatic carbocycles. The Labute approximate surface area is 162 Å². The first-order valence-electron chi connectivity index (χ1n) is 10.4. The van der Waals surface area contributed by atoms with Crippen LogP contribution in [-0.2, 0) is 4.79 Å². The molecule has 0 radical (unpaired) electrons. The molecule has 1 aromatic rings. The van der Waals surface area contributed by atoms with Crippen molar-refractivity contribution in [2.75, 3.05) is 39.3 Å². The van der Waals surface area contributed by atoms with Gasteiger partial charge in [0.1, 0.15) is 5.82 Å². The normalized spacial score (nSPS) is 20.2. The fraction of sp³-hybridized carbons (Fsp3) is 0.591. The number of hydrogen-bond donors (Lipinski definition) is 1. The van der Waals surface area contributed by atoms with Crippen molar-refractivity contribution in [3.63, 3.8) is 0 Å². The molecular formula is C22H32FN3O. The average Bonchev–Trinajstić information content (AvgIpc) is 2.72. The summed E-state index contributed by atoms with van der Waals surface area (Å²) in [6.07, 6.45) is 10.8. The van der Waals surface area contributed by atoms with E-state index in [4.69, 9.17) is 0 Å². The van der Waals surface area contributed by atoms with Crippen LogP contribution in [-0.4, -0.2) is 61.0 Å². The fourth-order valence-corrected chi connectivity index (χ4v) is 4.15. The number of rotatable bonds is 7. The van der Waals surface area contributed by atoms with Gasteiger partial charge in [-0.1, -0.05) is 37.5 Å². The van der Waals surface area contributed by atoms with Crippen LogP contribution in [0.1, 0.15) is 44.1 Å². The van der Waals surface area contributed by atoms with Crippen molar-refractivity contribution in [2.45, 2.75) is 44.6 Å². The summed E-state index contributed by atoms with van der Waals surface area (Å²) in [5, 5.41) is 2.89. The molecule has 0 unspecified atom stereocenters. The third kappa shape index (κ3) is 6.43. The lowest BCUT2D eigenvalue weighted by atomic mass is 9.94. The van der Waals surface area contributed by atoms with Gasteiger partial charge in [0.05, 0.1) is 0 Å². The highest BCUT2D eigenvalue weighted by atomic mass is 19.1. The van der Waals surface area contributed by atoms with Crippen LogP contribution >= 0.6 is 0 Å². The molecule has 1 aliphatic heterocycles. The minimum atomic E-state index is -0.311. The van der Waals surface area contributed by atoms with E-state index in [9.17, 15) is 9.18 Å². The predicted molar refractivity (Wildman–Crippen MR) is 108 cm³/mol. The molecule has 0 spiro atoms. The quantitative estimate of drug-likeness (QED) is 0.588. The van der Waals surface area contributed by atoms with Crippen molar-refractivity contribution in [3.05, 3.63) is 41.7 Å². The molecule has 0 bridgehead atoms. The highest BCUT2D eigenvalue weighted by molar-refractivity contribution is 5.91. The van der Waals surface area contributed by atoms with Crippen LogP contribution < -0.4 is 5.32 Å². The van der Waals surface area contributed by atoms with Gasteiger partial charge in [0.2, 0.25) is 5.91 Å². The van der Waals surface area contributed by atoms with E-state index in [1.165, 1.54) is 63.4 Å². The summed E-state index contributed by atoms with van der Waals surface area (Å²) in [6.45, 7) is 6.32. The Balaban J connectivity index is 1.28. The van der Waals surface area contributed by atoms with E-state index in [-0.39, 0.29) is 11.7 Å². The summed E-state index contributed by atoms with van der Waals surface area (Å²) in [5.41, 5.74) is 0.434. The molecule has 1 heterocycles. The third-order valence-corrected chi connectivity index (χ3v) is 5.77. The maximum atomic E-state index is 13.5. The summed E-state index contributed by atoms with van der Waals surface area (Å²) < 4.78 is 13.5. The van der Waals surface area contributed by atoms with E-state index in [2.05, 4.69) is 15.1 Å². The molecule has 27 heavy (non-hydrogen) atoms. The number of benzene rings is 1. The number of halogens is 1. The Bertz CT molecular complexity index is 620. The molecule has 2 aliphatic rings. The molecule has 1 saturated heterocycles. The highest BCUT2D eigenvalue weighted by Gasteiger charge is 2.24. The van der Waals surface area contributed by atoms with E-state index in [0.717, 1.165) is 32.1 Å². The van der Waals surface area contributed by atoms with Gasteiger partial charge in [0.25, 0.3) is 0 Å². The van der Waals surface area contributed by atoms with E-state index in [1.807, 2.05) is 0 Å². The highest BCUT2D eigenvalue weighted by Crippen LogP contribution is 2.23. The molecule has 5 heteroatoms. The molecule has 4 nitrogen and oxygen atoms in total. The lowest BCUT2D eigenvalue weighted by Gasteiger charge is -2.40. The predicted octanol–water partition coefficient (Wildman–Crippen LogP) is 3.30. The second kappa shape index (κ2) is 10.6. The largest absolute Gasteiger partial charge is 0.353 e. The van der Waals surface area contributed by atoms with Crippen molar-refractivity contribution in [3.8, 4) is 0 Å². The van der Waals surface area contributed by atoms with Crippen LogP contribution in [0.2, 0.25) is 0 Å². The summed E-state index contributed by atoms with van der Waals surface area (Å²) in [6, 6.07) is 7.27. The van der Waals surface area contributed by atoms with Crippen LogP contribution in [0.15, 0.2) is 30.3 Å². The van der Waals surface area contributed by atoms with Crippen LogP contribution in [0.4, 0.5) is 4.39 Å². The molecule has 1 aromatic carbocycles. The summed E-state index contributed by atoms with van der Waals surface area (Å²) in [4.78, 5) is 17.0. The van der Waals surface area contributed by atoms with Crippen LogP contribution in [0, 0.1) is 5.82 Å². The number of nitrogens with zero attached hydrogens (tertiary/aromatic N) is 2. The first-order chi connectivity index (χ1) is 13.2. The minimum absolute atomic E-state index is 0.166. The monoisotopic (exact) mass is 373 g/mol. The van der Waals surface area contributed by atoms with Gasteiger partial charge in [-0.15, -0.1) is 0 Å². The number of carbonyl (C=O) groups excluding carboxylic acids is 1. The van der Waals surface area contributed by atoms with Crippen molar-refractivity contribution in [1.82, 2.24) is 15.1 Å². The lowest BCUT2D eigenvalue weighted by molar-refractivity contribution is -0.116. The van der Waals surface area contributed by atoms with Gasteiger partial charge in [-0.05, 0) is 37.9 Å². The van der Waals surface area contributed by atoms with Crippen LogP contribution in [0.3, 0.4) is 0 Å². The standard InChI is InChI=1S/C22H32FN3O/c23-21-10-5-4-7-19(21)11-12-22(27)24-13-6-14-25-15-17-26(18-16-25)20-8-2-1-3-9-20/h4-5,7,10-12,20H,1-3,6,8-9,13-18H2,(H,24,27). The molecule has 2 fully saturated rings. The third-order valence-electron chi connectivity index (χ3n) is 5.77. The minimum Gasteiger partial charge on any atom is -0.353 e. The van der Waals surface area contributed by atoms with E-state index in [0.29, 0.717) is 12.1 Å². The Morgan fingerprint density at radius 2 is 1.85 bits per heavy atom. The van der Waals surface area contributed by atoms with E-state index < -0.39 is 0 Å². The second-order valence-corrected chi connectivity index (χ2v) is 7.67. The summed E-state index contributed by atoms with van der Waals surface area (Å²) in [5.74, 6) is -0.478. The second-order valence-electron chi connectivity index (χ2n) is 7.67. The van der Waals surface area contributed by atoms with Gasteiger partial charge in [0, 0.05) is 50.4 Å². The first-order valence-corrected chi connectivity index (χ1v) is 10.4. The van der Waals surface area contributed by atoms with Crippen molar-refractivity contribution < 1.29 is 9.18 Å². The summed E-state index contributed by atoms with van der Waals surface area (Å²) >= 11 is 0. The molecule has 1 saturated carbocycles.